The molecule has 0 saturated heterocycles. The van der Waals surface area contributed by atoms with Gasteiger partial charge in [-0.1, -0.05) is 12.1 Å². The van der Waals surface area contributed by atoms with Gasteiger partial charge in [0, 0.05) is 18.3 Å². The van der Waals surface area contributed by atoms with Crippen LogP contribution in [0.3, 0.4) is 0 Å². The molecule has 0 bridgehead atoms. The smallest absolute Gasteiger partial charge is 0.194 e. The van der Waals surface area contributed by atoms with Crippen LogP contribution in [0.25, 0.3) is 10.9 Å². The highest BCUT2D eigenvalue weighted by Gasteiger charge is 2.06. The molecule has 0 spiro atoms. The quantitative estimate of drug-likeness (QED) is 0.754. The maximum absolute atomic E-state index is 4.21. The maximum atomic E-state index is 4.21. The first-order valence-electron chi connectivity index (χ1n) is 6.21. The van der Waals surface area contributed by atoms with Crippen molar-refractivity contribution < 1.29 is 0 Å². The number of tetrazole rings is 1. The second-order valence-electron chi connectivity index (χ2n) is 4.56. The number of hydrogen-bond donors (Lipinski definition) is 1. The molecule has 2 aromatic heterocycles. The van der Waals surface area contributed by atoms with E-state index < -0.39 is 0 Å². The summed E-state index contributed by atoms with van der Waals surface area (Å²) >= 11 is 0. The van der Waals surface area contributed by atoms with E-state index in [-0.39, 0.29) is 0 Å². The van der Waals surface area contributed by atoms with Gasteiger partial charge in [0.25, 0.3) is 0 Å². The Kier molecular flexibility index (Phi) is 3.00. The molecule has 0 radical (unpaired) electrons. The lowest BCUT2D eigenvalue weighted by molar-refractivity contribution is 0.625. The molecule has 0 fully saturated rings. The lowest BCUT2D eigenvalue weighted by Crippen LogP contribution is -2.05. The van der Waals surface area contributed by atoms with E-state index in [9.17, 15) is 0 Å². The second kappa shape index (κ2) is 4.81. The van der Waals surface area contributed by atoms with Crippen molar-refractivity contribution in [3.8, 4) is 0 Å². The van der Waals surface area contributed by atoms with Crippen LogP contribution in [0.1, 0.15) is 11.4 Å². The summed E-state index contributed by atoms with van der Waals surface area (Å²) in [7, 11) is 3.72. The van der Waals surface area contributed by atoms with Crippen molar-refractivity contribution >= 4 is 10.9 Å². The summed E-state index contributed by atoms with van der Waals surface area (Å²) in [6, 6.07) is 8.59. The first-order valence-corrected chi connectivity index (χ1v) is 6.21. The Morgan fingerprint density at radius 1 is 1.26 bits per heavy atom. The van der Waals surface area contributed by atoms with Crippen molar-refractivity contribution in [3.05, 3.63) is 41.9 Å². The van der Waals surface area contributed by atoms with Crippen molar-refractivity contribution in [3.63, 3.8) is 0 Å². The molecule has 0 aliphatic carbocycles. The van der Waals surface area contributed by atoms with E-state index >= 15 is 0 Å². The van der Waals surface area contributed by atoms with Crippen LogP contribution in [0, 0.1) is 0 Å². The van der Waals surface area contributed by atoms with Crippen LogP contribution in [-0.4, -0.2) is 31.8 Å². The molecule has 1 aromatic carbocycles. The minimum atomic E-state index is 0.639. The molecule has 98 valence electrons. The van der Waals surface area contributed by atoms with Gasteiger partial charge in [0.05, 0.1) is 13.6 Å². The highest BCUT2D eigenvalue weighted by molar-refractivity contribution is 5.80. The van der Waals surface area contributed by atoms with E-state index in [1.165, 1.54) is 21.3 Å². The van der Waals surface area contributed by atoms with Gasteiger partial charge < -0.3 is 9.88 Å². The highest BCUT2D eigenvalue weighted by Crippen LogP contribution is 2.18. The number of fused-ring (bicyclic) bond motifs is 1. The summed E-state index contributed by atoms with van der Waals surface area (Å²) in [6.45, 7) is 1.50. The molecule has 1 N–H and O–H groups in total. The zero-order chi connectivity index (χ0) is 13.2. The first kappa shape index (κ1) is 11.9. The van der Waals surface area contributed by atoms with Crippen LogP contribution in [0.2, 0.25) is 0 Å². The van der Waals surface area contributed by atoms with Crippen molar-refractivity contribution in [2.24, 2.45) is 7.05 Å². The van der Waals surface area contributed by atoms with E-state index in [0.29, 0.717) is 6.54 Å². The number of benzene rings is 1. The fraction of sp³-hybridized carbons (Fsp3) is 0.308. The van der Waals surface area contributed by atoms with Gasteiger partial charge in [0.2, 0.25) is 0 Å². The predicted molar refractivity (Wildman–Crippen MR) is 72.6 cm³/mol. The van der Waals surface area contributed by atoms with Crippen LogP contribution < -0.4 is 5.32 Å². The molecule has 6 heteroatoms. The van der Waals surface area contributed by atoms with Gasteiger partial charge in [0.1, 0.15) is 0 Å². The number of hydrogen-bond acceptors (Lipinski definition) is 4. The SMILES string of the molecule is CNCc1ccc2ccn(Cc3nnn(C)n3)c2c1. The zero-order valence-corrected chi connectivity index (χ0v) is 11.0. The van der Waals surface area contributed by atoms with E-state index in [4.69, 9.17) is 0 Å². The molecular formula is C13H16N6. The minimum Gasteiger partial charge on any atom is -0.340 e. The molecule has 3 aromatic rings. The molecule has 0 atom stereocenters. The average molecular weight is 256 g/mol. The molecular weight excluding hydrogens is 240 g/mol. The Morgan fingerprint density at radius 2 is 2.16 bits per heavy atom. The van der Waals surface area contributed by atoms with Crippen molar-refractivity contribution in [1.82, 2.24) is 30.1 Å². The van der Waals surface area contributed by atoms with E-state index in [1.807, 2.05) is 7.05 Å². The lowest BCUT2D eigenvalue weighted by atomic mass is 10.1. The standard InChI is InChI=1S/C13H16N6/c1-14-8-10-3-4-11-5-6-19(12(11)7-10)9-13-15-17-18(2)16-13/h3-7,14H,8-9H2,1-2H3. The minimum absolute atomic E-state index is 0.639. The summed E-state index contributed by atoms with van der Waals surface area (Å²) in [6.07, 6.45) is 2.06. The molecule has 0 aliphatic heterocycles. The van der Waals surface area contributed by atoms with Gasteiger partial charge in [-0.3, -0.25) is 0 Å². The largest absolute Gasteiger partial charge is 0.340 e. The molecule has 0 amide bonds. The van der Waals surface area contributed by atoms with Crippen molar-refractivity contribution in [1.29, 1.82) is 0 Å². The molecule has 0 aliphatic rings. The van der Waals surface area contributed by atoms with Crippen LogP contribution in [0.15, 0.2) is 30.5 Å². The summed E-state index contributed by atoms with van der Waals surface area (Å²) < 4.78 is 2.14. The number of rotatable bonds is 4. The molecule has 3 rings (SSSR count). The Bertz CT molecular complexity index is 696. The molecule has 0 unspecified atom stereocenters. The van der Waals surface area contributed by atoms with Crippen LogP contribution in [0.4, 0.5) is 0 Å². The molecule has 6 nitrogen and oxygen atoms in total. The Labute approximate surface area is 111 Å². The topological polar surface area (TPSA) is 60.6 Å². The third-order valence-corrected chi connectivity index (χ3v) is 3.08. The Hall–Kier alpha value is -2.21. The van der Waals surface area contributed by atoms with Crippen molar-refractivity contribution in [2.75, 3.05) is 7.05 Å². The molecule has 19 heavy (non-hydrogen) atoms. The normalized spacial score (nSPS) is 11.3. The number of nitrogens with one attached hydrogen (secondary N) is 1. The Balaban J connectivity index is 1.96. The van der Waals surface area contributed by atoms with Gasteiger partial charge >= 0.3 is 0 Å². The molecule has 0 saturated carbocycles. The highest BCUT2D eigenvalue weighted by atomic mass is 15.6. The third-order valence-electron chi connectivity index (χ3n) is 3.08. The molecule has 2 heterocycles. The summed E-state index contributed by atoms with van der Waals surface area (Å²) in [5.41, 5.74) is 2.46. The van der Waals surface area contributed by atoms with Gasteiger partial charge in [-0.25, -0.2) is 0 Å². The average Bonchev–Trinajstić information content (AvgIpc) is 2.98. The van der Waals surface area contributed by atoms with Crippen LogP contribution >= 0.6 is 0 Å². The van der Waals surface area contributed by atoms with Gasteiger partial charge in [0.15, 0.2) is 5.82 Å². The van der Waals surface area contributed by atoms with Gasteiger partial charge in [-0.15, -0.1) is 10.2 Å². The van der Waals surface area contributed by atoms with Crippen LogP contribution in [-0.2, 0) is 20.1 Å². The third kappa shape index (κ3) is 2.34. The number of aryl methyl sites for hydroxylation is 1. The maximum Gasteiger partial charge on any atom is 0.194 e. The van der Waals surface area contributed by atoms with Gasteiger partial charge in [-0.05, 0) is 35.3 Å². The first-order chi connectivity index (χ1) is 9.26. The summed E-state index contributed by atoms with van der Waals surface area (Å²) in [5.74, 6) is 0.721. The predicted octanol–water partition coefficient (Wildman–Crippen LogP) is 0.932. The van der Waals surface area contributed by atoms with Crippen LogP contribution in [0.5, 0.6) is 0 Å². The fourth-order valence-electron chi connectivity index (χ4n) is 2.22. The fourth-order valence-corrected chi connectivity index (χ4v) is 2.22. The van der Waals surface area contributed by atoms with E-state index in [2.05, 4.69) is 55.8 Å². The zero-order valence-electron chi connectivity index (χ0n) is 11.0. The number of nitrogens with zero attached hydrogens (tertiary/aromatic N) is 5. The lowest BCUT2D eigenvalue weighted by Gasteiger charge is -2.04. The van der Waals surface area contributed by atoms with E-state index in [1.54, 1.807) is 7.05 Å². The summed E-state index contributed by atoms with van der Waals surface area (Å²) in [4.78, 5) is 1.48. The summed E-state index contributed by atoms with van der Waals surface area (Å²) in [5, 5.41) is 16.5. The van der Waals surface area contributed by atoms with E-state index in [0.717, 1.165) is 12.4 Å². The monoisotopic (exact) mass is 256 g/mol. The van der Waals surface area contributed by atoms with Crippen molar-refractivity contribution in [2.45, 2.75) is 13.1 Å². The Morgan fingerprint density at radius 3 is 2.89 bits per heavy atom. The second-order valence-corrected chi connectivity index (χ2v) is 4.56. The van der Waals surface area contributed by atoms with Gasteiger partial charge in [-0.2, -0.15) is 4.80 Å². The number of aromatic nitrogens is 5.